The van der Waals surface area contributed by atoms with Crippen molar-refractivity contribution in [1.29, 1.82) is 0 Å². The third-order valence-electron chi connectivity index (χ3n) is 4.25. The number of benzene rings is 1. The minimum atomic E-state index is -3.50. The Morgan fingerprint density at radius 1 is 1.48 bits per heavy atom. The van der Waals surface area contributed by atoms with E-state index in [4.69, 9.17) is 0 Å². The molecule has 8 heteroatoms. The van der Waals surface area contributed by atoms with Crippen LogP contribution in [-0.2, 0) is 21.2 Å². The first-order valence-electron chi connectivity index (χ1n) is 7.69. The largest absolute Gasteiger partial charge is 0.312 e. The number of hydrogen-bond donors (Lipinski definition) is 2. The highest BCUT2D eigenvalue weighted by Gasteiger charge is 2.28. The van der Waals surface area contributed by atoms with E-state index < -0.39 is 10.0 Å². The lowest BCUT2D eigenvalue weighted by Gasteiger charge is -2.25. The Kier molecular flexibility index (Phi) is 4.96. The molecular formula is C15H21N3O3S2. The van der Waals surface area contributed by atoms with Gasteiger partial charge >= 0.3 is 0 Å². The summed E-state index contributed by atoms with van der Waals surface area (Å²) in [6.45, 7) is 1.56. The predicted molar refractivity (Wildman–Crippen MR) is 92.5 cm³/mol. The second-order valence-corrected chi connectivity index (χ2v) is 8.76. The second-order valence-electron chi connectivity index (χ2n) is 5.72. The fourth-order valence-electron chi connectivity index (χ4n) is 2.97. The van der Waals surface area contributed by atoms with E-state index in [-0.39, 0.29) is 16.8 Å². The molecule has 1 atom stereocenters. The van der Waals surface area contributed by atoms with Crippen molar-refractivity contribution in [3.05, 3.63) is 23.8 Å². The molecule has 2 heterocycles. The molecular weight excluding hydrogens is 334 g/mol. The van der Waals surface area contributed by atoms with Crippen molar-refractivity contribution in [2.75, 3.05) is 36.5 Å². The average Bonchev–Trinajstić information content (AvgIpc) is 2.99. The Morgan fingerprint density at radius 3 is 3.00 bits per heavy atom. The molecule has 2 N–H and O–H groups in total. The number of hydrogen-bond acceptors (Lipinski definition) is 5. The molecule has 1 fully saturated rings. The lowest BCUT2D eigenvalue weighted by atomic mass is 10.1. The van der Waals surface area contributed by atoms with Gasteiger partial charge in [0.1, 0.15) is 0 Å². The number of nitrogens with one attached hydrogen (secondary N) is 2. The zero-order valence-electron chi connectivity index (χ0n) is 13.0. The fraction of sp³-hybridized carbons (Fsp3) is 0.533. The fourth-order valence-corrected chi connectivity index (χ4v) is 4.67. The van der Waals surface area contributed by atoms with Crippen LogP contribution >= 0.6 is 11.8 Å². The normalized spacial score (nSPS) is 21.3. The average molecular weight is 355 g/mol. The molecule has 2 aliphatic rings. The Morgan fingerprint density at radius 2 is 2.30 bits per heavy atom. The third kappa shape index (κ3) is 3.55. The quantitative estimate of drug-likeness (QED) is 0.826. The Balaban J connectivity index is 1.79. The summed E-state index contributed by atoms with van der Waals surface area (Å²) in [6.07, 6.45) is 1.23. The molecule has 0 aliphatic carbocycles. The minimum Gasteiger partial charge on any atom is -0.312 e. The predicted octanol–water partition coefficient (Wildman–Crippen LogP) is 0.579. The molecule has 3 rings (SSSR count). The van der Waals surface area contributed by atoms with E-state index in [1.807, 2.05) is 17.8 Å². The maximum atomic E-state index is 12.6. The van der Waals surface area contributed by atoms with Crippen LogP contribution in [0.15, 0.2) is 23.1 Å². The van der Waals surface area contributed by atoms with Crippen LogP contribution < -0.4 is 14.9 Å². The van der Waals surface area contributed by atoms with Crippen LogP contribution in [0.1, 0.15) is 12.0 Å². The SMILES string of the molecule is CNS(=O)(=O)c1ccc2c(c1)N(C(=O)CC1CSCCN1)CC2. The number of fused-ring (bicyclic) bond motifs is 1. The van der Waals surface area contributed by atoms with Crippen molar-refractivity contribution < 1.29 is 13.2 Å². The topological polar surface area (TPSA) is 78.5 Å². The van der Waals surface area contributed by atoms with Crippen molar-refractivity contribution in [2.45, 2.75) is 23.8 Å². The second kappa shape index (κ2) is 6.80. The summed E-state index contributed by atoms with van der Waals surface area (Å²) in [4.78, 5) is 14.5. The first kappa shape index (κ1) is 16.8. The van der Waals surface area contributed by atoms with E-state index in [2.05, 4.69) is 10.0 Å². The van der Waals surface area contributed by atoms with Crippen LogP contribution in [-0.4, -0.2) is 52.0 Å². The van der Waals surface area contributed by atoms with Crippen molar-refractivity contribution in [3.8, 4) is 0 Å². The van der Waals surface area contributed by atoms with Crippen molar-refractivity contribution in [3.63, 3.8) is 0 Å². The van der Waals surface area contributed by atoms with Crippen LogP contribution in [0, 0.1) is 0 Å². The van der Waals surface area contributed by atoms with Crippen LogP contribution in [0.4, 0.5) is 5.69 Å². The van der Waals surface area contributed by atoms with Gasteiger partial charge in [-0.05, 0) is 31.2 Å². The number of carbonyl (C=O) groups excluding carboxylic acids is 1. The van der Waals surface area contributed by atoms with Crippen molar-refractivity contribution in [1.82, 2.24) is 10.0 Å². The Hall–Kier alpha value is -1.09. The van der Waals surface area contributed by atoms with Crippen LogP contribution in [0.3, 0.4) is 0 Å². The molecule has 0 spiro atoms. The third-order valence-corrected chi connectivity index (χ3v) is 6.79. The molecule has 0 saturated carbocycles. The standard InChI is InChI=1S/C15H21N3O3S2/c1-16-23(20,21)13-3-2-11-4-6-18(14(11)9-13)15(19)8-12-10-22-7-5-17-12/h2-3,9,12,16-17H,4-8,10H2,1H3. The summed E-state index contributed by atoms with van der Waals surface area (Å²) >= 11 is 1.86. The van der Waals surface area contributed by atoms with Gasteiger partial charge in [0, 0.05) is 42.7 Å². The first-order chi connectivity index (χ1) is 11.0. The molecule has 0 bridgehead atoms. The molecule has 1 saturated heterocycles. The molecule has 23 heavy (non-hydrogen) atoms. The van der Waals surface area contributed by atoms with Crippen molar-refractivity contribution in [2.24, 2.45) is 0 Å². The number of sulfonamides is 1. The van der Waals surface area contributed by atoms with Crippen LogP contribution in [0.25, 0.3) is 0 Å². The molecule has 1 unspecified atom stereocenters. The van der Waals surface area contributed by atoms with E-state index in [1.54, 1.807) is 17.0 Å². The maximum Gasteiger partial charge on any atom is 0.240 e. The summed E-state index contributed by atoms with van der Waals surface area (Å²) in [6, 6.07) is 5.21. The minimum absolute atomic E-state index is 0.0581. The number of carbonyl (C=O) groups is 1. The molecule has 2 aliphatic heterocycles. The number of anilines is 1. The van der Waals surface area contributed by atoms with Gasteiger partial charge in [-0.15, -0.1) is 0 Å². The van der Waals surface area contributed by atoms with Gasteiger partial charge in [0.2, 0.25) is 15.9 Å². The van der Waals surface area contributed by atoms with Crippen LogP contribution in [0.2, 0.25) is 0 Å². The van der Waals surface area contributed by atoms with Gasteiger partial charge < -0.3 is 10.2 Å². The molecule has 0 aromatic heterocycles. The van der Waals surface area contributed by atoms with Crippen LogP contribution in [0.5, 0.6) is 0 Å². The summed E-state index contributed by atoms with van der Waals surface area (Å²) in [5, 5.41) is 3.37. The lowest BCUT2D eigenvalue weighted by Crippen LogP contribution is -2.42. The Labute approximate surface area is 141 Å². The smallest absolute Gasteiger partial charge is 0.240 e. The summed E-state index contributed by atoms with van der Waals surface area (Å²) in [5.74, 6) is 2.09. The number of thioether (sulfide) groups is 1. The van der Waals surface area contributed by atoms with Gasteiger partial charge in [-0.1, -0.05) is 6.07 Å². The highest BCUT2D eigenvalue weighted by Crippen LogP contribution is 2.31. The summed E-state index contributed by atoms with van der Waals surface area (Å²) in [7, 11) is -2.11. The van der Waals surface area contributed by atoms with Gasteiger partial charge in [-0.3, -0.25) is 4.79 Å². The zero-order valence-corrected chi connectivity index (χ0v) is 14.7. The maximum absolute atomic E-state index is 12.6. The molecule has 0 radical (unpaired) electrons. The highest BCUT2D eigenvalue weighted by atomic mass is 32.2. The molecule has 1 aromatic carbocycles. The highest BCUT2D eigenvalue weighted by molar-refractivity contribution is 7.99. The number of nitrogens with zero attached hydrogens (tertiary/aromatic N) is 1. The van der Waals surface area contributed by atoms with Gasteiger partial charge in [-0.2, -0.15) is 11.8 Å². The van der Waals surface area contributed by atoms with E-state index in [0.717, 1.165) is 35.7 Å². The summed E-state index contributed by atoms with van der Waals surface area (Å²) in [5.41, 5.74) is 1.76. The molecule has 1 aromatic rings. The molecule has 126 valence electrons. The monoisotopic (exact) mass is 355 g/mol. The number of amides is 1. The van der Waals surface area contributed by atoms with E-state index in [0.29, 0.717) is 13.0 Å². The van der Waals surface area contributed by atoms with E-state index >= 15 is 0 Å². The lowest BCUT2D eigenvalue weighted by molar-refractivity contribution is -0.118. The van der Waals surface area contributed by atoms with Gasteiger partial charge in [0.15, 0.2) is 0 Å². The van der Waals surface area contributed by atoms with Gasteiger partial charge in [0.05, 0.1) is 4.90 Å². The molecule has 1 amide bonds. The van der Waals surface area contributed by atoms with E-state index in [1.165, 1.54) is 7.05 Å². The Bertz CT molecular complexity index is 700. The molecule has 6 nitrogen and oxygen atoms in total. The number of rotatable bonds is 4. The van der Waals surface area contributed by atoms with Gasteiger partial charge in [-0.25, -0.2) is 13.1 Å². The van der Waals surface area contributed by atoms with Gasteiger partial charge in [0.25, 0.3) is 0 Å². The zero-order chi connectivity index (χ0) is 16.4. The summed E-state index contributed by atoms with van der Waals surface area (Å²) < 4.78 is 26.2. The van der Waals surface area contributed by atoms with Crippen molar-refractivity contribution >= 4 is 33.4 Å². The first-order valence-corrected chi connectivity index (χ1v) is 10.3. The van der Waals surface area contributed by atoms with E-state index in [9.17, 15) is 13.2 Å².